The van der Waals surface area contributed by atoms with Gasteiger partial charge in [0.1, 0.15) is 0 Å². The van der Waals surface area contributed by atoms with Gasteiger partial charge in [-0.25, -0.2) is 9.78 Å². The van der Waals surface area contributed by atoms with E-state index in [1.54, 1.807) is 39.5 Å². The molecule has 1 saturated heterocycles. The fourth-order valence-corrected chi connectivity index (χ4v) is 5.62. The Balaban J connectivity index is 1.50. The molecule has 2 heterocycles. The first-order valence-corrected chi connectivity index (χ1v) is 12.9. The van der Waals surface area contributed by atoms with Crippen molar-refractivity contribution < 1.29 is 14.3 Å². The van der Waals surface area contributed by atoms with Gasteiger partial charge >= 0.3 is 6.09 Å². The van der Waals surface area contributed by atoms with E-state index < -0.39 is 0 Å². The van der Waals surface area contributed by atoms with Crippen LogP contribution in [0.25, 0.3) is 10.9 Å². The van der Waals surface area contributed by atoms with E-state index in [0.717, 1.165) is 25.7 Å². The van der Waals surface area contributed by atoms with Crippen LogP contribution < -0.4 is 5.56 Å². The maximum atomic E-state index is 13.4. The molecule has 0 bridgehead atoms. The number of fused-ring (bicyclic) bond motifs is 1. The summed E-state index contributed by atoms with van der Waals surface area (Å²) in [5, 5.41) is 1.65. The van der Waals surface area contributed by atoms with E-state index >= 15 is 0 Å². The number of piperazine rings is 1. The summed E-state index contributed by atoms with van der Waals surface area (Å²) in [7, 11) is 0. The Bertz CT molecular complexity index is 1080. The van der Waals surface area contributed by atoms with E-state index in [4.69, 9.17) is 21.3 Å². The second-order valence-electron chi connectivity index (χ2n) is 8.38. The van der Waals surface area contributed by atoms with Gasteiger partial charge in [0, 0.05) is 37.2 Å². The van der Waals surface area contributed by atoms with Gasteiger partial charge in [-0.1, -0.05) is 42.6 Å². The van der Waals surface area contributed by atoms with Crippen LogP contribution in [0.15, 0.2) is 28.2 Å². The summed E-state index contributed by atoms with van der Waals surface area (Å²) in [6.07, 6.45) is 4.90. The third-order valence-corrected chi connectivity index (χ3v) is 7.43. The first kappa shape index (κ1) is 23.9. The molecule has 178 valence electrons. The zero-order valence-electron chi connectivity index (χ0n) is 18.8. The zero-order valence-corrected chi connectivity index (χ0v) is 20.4. The number of nitrogens with zero attached hydrogens (tertiary/aromatic N) is 4. The lowest BCUT2D eigenvalue weighted by Gasteiger charge is -2.34. The number of carbonyl (C=O) groups excluding carboxylic acids is 2. The number of hydrogen-bond acceptors (Lipinski definition) is 6. The second-order valence-corrected chi connectivity index (χ2v) is 9.76. The van der Waals surface area contributed by atoms with Crippen LogP contribution in [0, 0.1) is 0 Å². The molecule has 1 aromatic heterocycles. The summed E-state index contributed by atoms with van der Waals surface area (Å²) in [5.74, 6) is 0.157. The maximum absolute atomic E-state index is 13.4. The van der Waals surface area contributed by atoms with Crippen molar-refractivity contribution in [3.05, 3.63) is 33.6 Å². The molecule has 1 saturated carbocycles. The summed E-state index contributed by atoms with van der Waals surface area (Å²) < 4.78 is 6.83. The average Bonchev–Trinajstić information content (AvgIpc) is 2.83. The van der Waals surface area contributed by atoms with Crippen molar-refractivity contribution in [3.63, 3.8) is 0 Å². The van der Waals surface area contributed by atoms with Crippen molar-refractivity contribution in [1.29, 1.82) is 0 Å². The predicted octanol–water partition coefficient (Wildman–Crippen LogP) is 3.95. The Morgan fingerprint density at radius 3 is 2.52 bits per heavy atom. The molecule has 2 aliphatic rings. The summed E-state index contributed by atoms with van der Waals surface area (Å²) >= 11 is 7.45. The number of benzene rings is 1. The number of ether oxygens (including phenoxy) is 1. The lowest BCUT2D eigenvalue weighted by Crippen LogP contribution is -2.51. The van der Waals surface area contributed by atoms with Crippen LogP contribution in [-0.4, -0.2) is 69.9 Å². The van der Waals surface area contributed by atoms with Crippen LogP contribution in [0.2, 0.25) is 5.02 Å². The van der Waals surface area contributed by atoms with E-state index in [-0.39, 0.29) is 29.4 Å². The number of carbonyl (C=O) groups is 2. The quantitative estimate of drug-likeness (QED) is 0.464. The minimum atomic E-state index is -0.338. The number of rotatable bonds is 5. The molecule has 2 aromatic rings. The van der Waals surface area contributed by atoms with E-state index in [0.29, 0.717) is 53.9 Å². The first-order valence-electron chi connectivity index (χ1n) is 11.5. The van der Waals surface area contributed by atoms with Gasteiger partial charge in [0.05, 0.1) is 23.3 Å². The summed E-state index contributed by atoms with van der Waals surface area (Å²) in [5.41, 5.74) is 0.485. The number of halogens is 1. The van der Waals surface area contributed by atoms with Gasteiger partial charge in [-0.05, 0) is 38.0 Å². The predicted molar refractivity (Wildman–Crippen MR) is 129 cm³/mol. The highest BCUT2D eigenvalue weighted by atomic mass is 35.5. The highest BCUT2D eigenvalue weighted by Crippen LogP contribution is 2.31. The Labute approximate surface area is 202 Å². The van der Waals surface area contributed by atoms with Gasteiger partial charge in [-0.2, -0.15) is 0 Å². The average molecular weight is 493 g/mol. The molecule has 0 radical (unpaired) electrons. The van der Waals surface area contributed by atoms with Crippen molar-refractivity contribution >= 4 is 46.3 Å². The van der Waals surface area contributed by atoms with Gasteiger partial charge in [-0.3, -0.25) is 14.2 Å². The molecule has 0 unspecified atom stereocenters. The third kappa shape index (κ3) is 5.46. The van der Waals surface area contributed by atoms with Crippen molar-refractivity contribution in [2.24, 2.45) is 0 Å². The molecule has 1 aliphatic carbocycles. The fraction of sp³-hybridized carbons (Fsp3) is 0.565. The molecule has 2 fully saturated rings. The molecule has 33 heavy (non-hydrogen) atoms. The molecule has 8 nitrogen and oxygen atoms in total. The van der Waals surface area contributed by atoms with Crippen LogP contribution in [0.4, 0.5) is 4.79 Å². The van der Waals surface area contributed by atoms with Gasteiger partial charge < -0.3 is 14.5 Å². The largest absolute Gasteiger partial charge is 0.450 e. The smallest absolute Gasteiger partial charge is 0.409 e. The zero-order chi connectivity index (χ0) is 23.4. The molecular weight excluding hydrogens is 464 g/mol. The number of aromatic nitrogens is 2. The monoisotopic (exact) mass is 492 g/mol. The van der Waals surface area contributed by atoms with E-state index in [9.17, 15) is 14.4 Å². The van der Waals surface area contributed by atoms with Crippen molar-refractivity contribution in [2.75, 3.05) is 38.5 Å². The maximum Gasteiger partial charge on any atom is 0.409 e. The summed E-state index contributed by atoms with van der Waals surface area (Å²) in [4.78, 5) is 46.3. The molecule has 2 amide bonds. The topological polar surface area (TPSA) is 84.7 Å². The van der Waals surface area contributed by atoms with Crippen LogP contribution in [0.5, 0.6) is 0 Å². The Morgan fingerprint density at radius 1 is 1.12 bits per heavy atom. The third-order valence-electron chi connectivity index (χ3n) is 6.25. The second kappa shape index (κ2) is 10.8. The van der Waals surface area contributed by atoms with E-state index in [1.807, 2.05) is 0 Å². The SMILES string of the molecule is CCOC(=O)N1CCN(C(=O)CSc2nc3cc(Cl)ccc3c(=O)n2C2CCCCC2)CC1. The molecule has 1 aliphatic heterocycles. The standard InChI is InChI=1S/C23H29ClN4O4S/c1-2-32-23(31)27-12-10-26(11-13-27)20(29)15-33-22-25-19-14-16(24)8-9-18(19)21(30)28(22)17-6-4-3-5-7-17/h8-9,14,17H,2-7,10-13,15H2,1H3. The number of hydrogen-bond donors (Lipinski definition) is 0. The fourth-order valence-electron chi connectivity index (χ4n) is 4.49. The molecule has 0 spiro atoms. The van der Waals surface area contributed by atoms with Gasteiger partial charge in [0.25, 0.3) is 5.56 Å². The van der Waals surface area contributed by atoms with E-state index in [1.165, 1.54) is 18.2 Å². The molecule has 1 aromatic carbocycles. The van der Waals surface area contributed by atoms with Crippen LogP contribution in [0.3, 0.4) is 0 Å². The van der Waals surface area contributed by atoms with Crippen molar-refractivity contribution in [3.8, 4) is 0 Å². The molecule has 0 N–H and O–H groups in total. The Hall–Kier alpha value is -2.26. The van der Waals surface area contributed by atoms with Crippen molar-refractivity contribution in [2.45, 2.75) is 50.2 Å². The van der Waals surface area contributed by atoms with Gasteiger partial charge in [-0.15, -0.1) is 0 Å². The minimum absolute atomic E-state index is 0.0286. The first-order chi connectivity index (χ1) is 16.0. The number of amides is 2. The number of thioether (sulfide) groups is 1. The lowest BCUT2D eigenvalue weighted by atomic mass is 9.95. The highest BCUT2D eigenvalue weighted by molar-refractivity contribution is 7.99. The van der Waals surface area contributed by atoms with Gasteiger partial charge in [0.15, 0.2) is 5.16 Å². The highest BCUT2D eigenvalue weighted by Gasteiger charge is 2.26. The lowest BCUT2D eigenvalue weighted by molar-refractivity contribution is -0.129. The van der Waals surface area contributed by atoms with Gasteiger partial charge in [0.2, 0.25) is 5.91 Å². The van der Waals surface area contributed by atoms with E-state index in [2.05, 4.69) is 0 Å². The molecule has 10 heteroatoms. The Morgan fingerprint density at radius 2 is 1.82 bits per heavy atom. The van der Waals surface area contributed by atoms with Crippen molar-refractivity contribution in [1.82, 2.24) is 19.4 Å². The minimum Gasteiger partial charge on any atom is -0.450 e. The van der Waals surface area contributed by atoms with Crippen LogP contribution in [-0.2, 0) is 9.53 Å². The Kier molecular flexibility index (Phi) is 7.80. The summed E-state index contributed by atoms with van der Waals surface area (Å²) in [6.45, 7) is 3.95. The normalized spacial score (nSPS) is 17.4. The molecule has 4 rings (SSSR count). The van der Waals surface area contributed by atoms with Crippen LogP contribution in [0.1, 0.15) is 45.1 Å². The van der Waals surface area contributed by atoms with Crippen LogP contribution >= 0.6 is 23.4 Å². The summed E-state index contributed by atoms with van der Waals surface area (Å²) in [6, 6.07) is 5.24. The molecule has 0 atom stereocenters. The molecular formula is C23H29ClN4O4S.